The molecule has 34 heavy (non-hydrogen) atoms. The van der Waals surface area contributed by atoms with Crippen LogP contribution in [0.2, 0.25) is 0 Å². The Morgan fingerprint density at radius 2 is 1.88 bits per heavy atom. The third-order valence-corrected chi connectivity index (χ3v) is 8.46. The summed E-state index contributed by atoms with van der Waals surface area (Å²) in [6.07, 6.45) is 2.19. The highest BCUT2D eigenvalue weighted by atomic mass is 32.1. The van der Waals surface area contributed by atoms with Gasteiger partial charge in [0.15, 0.2) is 0 Å². The Bertz CT molecular complexity index is 1390. The number of thiazole rings is 1. The van der Waals surface area contributed by atoms with Gasteiger partial charge in [0.05, 0.1) is 11.5 Å². The Labute approximate surface area is 202 Å². The number of aliphatic hydroxyl groups is 1. The lowest BCUT2D eigenvalue weighted by molar-refractivity contribution is 0.0566. The average molecular weight is 472 g/mol. The van der Waals surface area contributed by atoms with E-state index in [9.17, 15) is 5.11 Å². The number of fused-ring (bicyclic) bond motifs is 1. The van der Waals surface area contributed by atoms with Gasteiger partial charge in [-0.2, -0.15) is 0 Å². The van der Waals surface area contributed by atoms with E-state index in [0.717, 1.165) is 47.5 Å². The van der Waals surface area contributed by atoms with Crippen LogP contribution in [0.25, 0.3) is 20.9 Å². The number of aliphatic hydroxyl groups excluding tert-OH is 1. The Hall–Kier alpha value is -3.09. The van der Waals surface area contributed by atoms with Crippen LogP contribution in [0.3, 0.4) is 0 Å². The average Bonchev–Trinajstić information content (AvgIpc) is 3.51. The minimum atomic E-state index is -0.268. The molecule has 0 unspecified atom stereocenters. The van der Waals surface area contributed by atoms with Crippen molar-refractivity contribution >= 4 is 21.7 Å². The van der Waals surface area contributed by atoms with E-state index in [1.165, 1.54) is 16.9 Å². The molecule has 2 aromatic carbocycles. The molecule has 1 aliphatic heterocycles. The molecule has 0 spiro atoms. The molecule has 0 bridgehead atoms. The summed E-state index contributed by atoms with van der Waals surface area (Å²) in [4.78, 5) is 12.7. The van der Waals surface area contributed by atoms with E-state index in [-0.39, 0.29) is 29.0 Å². The summed E-state index contributed by atoms with van der Waals surface area (Å²) in [6.45, 7) is 7.17. The van der Waals surface area contributed by atoms with Gasteiger partial charge in [-0.15, -0.1) is 0 Å². The fourth-order valence-electron chi connectivity index (χ4n) is 4.99. The van der Waals surface area contributed by atoms with Gasteiger partial charge in [-0.3, -0.25) is 4.90 Å². The minimum absolute atomic E-state index is 0.000888. The van der Waals surface area contributed by atoms with Crippen molar-refractivity contribution in [1.82, 2.24) is 14.9 Å². The molecule has 4 nitrogen and oxygen atoms in total. The highest BCUT2D eigenvalue weighted by Crippen LogP contribution is 2.53. The molecule has 1 atom stereocenters. The smallest absolute Gasteiger partial charge is 0.144 e. The number of nitrogens with zero attached hydrogens (tertiary/aromatic N) is 3. The SMILES string of the molecule is C=C(O)C1CN([C@@H](C)c2ccc(-c3nc4ccc(C5(c6ccccc6)CC5)nc4s3)c(F)c2)C1. The molecule has 1 N–H and O–H groups in total. The van der Waals surface area contributed by atoms with Gasteiger partial charge in [-0.1, -0.05) is 54.3 Å². The molecule has 1 saturated carbocycles. The molecule has 2 aliphatic rings. The lowest BCUT2D eigenvalue weighted by Crippen LogP contribution is -2.48. The Morgan fingerprint density at radius 3 is 2.56 bits per heavy atom. The van der Waals surface area contributed by atoms with Crippen molar-refractivity contribution < 1.29 is 9.50 Å². The second-order valence-corrected chi connectivity index (χ2v) is 10.5. The van der Waals surface area contributed by atoms with Gasteiger partial charge in [0.2, 0.25) is 0 Å². The first-order chi connectivity index (χ1) is 16.4. The Balaban J connectivity index is 1.27. The number of pyridine rings is 1. The summed E-state index contributed by atoms with van der Waals surface area (Å²) in [5.41, 5.74) is 4.61. The van der Waals surface area contributed by atoms with E-state index in [1.54, 1.807) is 6.07 Å². The molecule has 3 heterocycles. The molecule has 4 aromatic rings. The highest BCUT2D eigenvalue weighted by Gasteiger charge is 2.47. The molecular formula is C28H26FN3OS. The number of aromatic nitrogens is 2. The summed E-state index contributed by atoms with van der Waals surface area (Å²) in [5, 5.41) is 10.2. The van der Waals surface area contributed by atoms with Gasteiger partial charge in [0.1, 0.15) is 21.2 Å². The van der Waals surface area contributed by atoms with Crippen LogP contribution in [-0.2, 0) is 5.41 Å². The second kappa shape index (κ2) is 8.00. The Kier molecular flexibility index (Phi) is 5.04. The van der Waals surface area contributed by atoms with Crippen molar-refractivity contribution in [2.75, 3.05) is 13.1 Å². The molecule has 1 saturated heterocycles. The molecular weight excluding hydrogens is 445 g/mol. The zero-order valence-electron chi connectivity index (χ0n) is 19.0. The van der Waals surface area contributed by atoms with Gasteiger partial charge >= 0.3 is 0 Å². The van der Waals surface area contributed by atoms with Gasteiger partial charge < -0.3 is 5.11 Å². The van der Waals surface area contributed by atoms with Crippen molar-refractivity contribution in [3.8, 4) is 10.6 Å². The van der Waals surface area contributed by atoms with Crippen LogP contribution in [0.4, 0.5) is 4.39 Å². The number of benzene rings is 2. The molecule has 2 aromatic heterocycles. The molecule has 2 fully saturated rings. The van der Waals surface area contributed by atoms with Crippen LogP contribution in [0.15, 0.2) is 73.0 Å². The Morgan fingerprint density at radius 1 is 1.12 bits per heavy atom. The van der Waals surface area contributed by atoms with Crippen molar-refractivity contribution in [3.05, 3.63) is 95.6 Å². The first-order valence-electron chi connectivity index (χ1n) is 11.7. The second-order valence-electron chi connectivity index (χ2n) is 9.55. The number of likely N-dealkylation sites (tertiary alicyclic amines) is 1. The standard InChI is InChI=1S/C28H26FN3OS/c1-17(32-15-20(16-32)18(2)33)19-8-9-22(23(29)14-19)26-30-24-10-11-25(31-27(24)34-26)28(12-13-28)21-6-4-3-5-7-21/h3-11,14,17,20,33H,2,12-13,15-16H2,1H3/t17-/m0/s1. The zero-order chi connectivity index (χ0) is 23.4. The molecule has 0 radical (unpaired) electrons. The summed E-state index contributed by atoms with van der Waals surface area (Å²) in [7, 11) is 0. The molecule has 1 aliphatic carbocycles. The number of rotatable bonds is 6. The van der Waals surface area contributed by atoms with Crippen molar-refractivity contribution in [3.63, 3.8) is 0 Å². The predicted octanol–water partition coefficient (Wildman–Crippen LogP) is 6.64. The summed E-state index contributed by atoms with van der Waals surface area (Å²) in [5.74, 6) is 0.0764. The fraction of sp³-hybridized carbons (Fsp3) is 0.286. The van der Waals surface area contributed by atoms with Crippen molar-refractivity contribution in [2.24, 2.45) is 5.92 Å². The molecule has 6 rings (SSSR count). The lowest BCUT2D eigenvalue weighted by Gasteiger charge is -2.42. The molecule has 0 amide bonds. The van der Waals surface area contributed by atoms with Crippen molar-refractivity contribution in [1.29, 1.82) is 0 Å². The number of halogens is 1. The van der Waals surface area contributed by atoms with Gasteiger partial charge in [-0.05, 0) is 55.2 Å². The first kappa shape index (κ1) is 21.4. The van der Waals surface area contributed by atoms with Gasteiger partial charge in [0.25, 0.3) is 0 Å². The summed E-state index contributed by atoms with van der Waals surface area (Å²) < 4.78 is 15.2. The lowest BCUT2D eigenvalue weighted by atomic mass is 9.92. The van der Waals surface area contributed by atoms with Gasteiger partial charge in [-0.25, -0.2) is 14.4 Å². The van der Waals surface area contributed by atoms with E-state index in [2.05, 4.69) is 48.7 Å². The molecule has 172 valence electrons. The van der Waals surface area contributed by atoms with Crippen LogP contribution in [-0.4, -0.2) is 33.1 Å². The summed E-state index contributed by atoms with van der Waals surface area (Å²) in [6, 6.07) is 20.1. The first-order valence-corrected chi connectivity index (χ1v) is 12.5. The van der Waals surface area contributed by atoms with Crippen LogP contribution < -0.4 is 0 Å². The molecule has 6 heteroatoms. The van der Waals surface area contributed by atoms with E-state index in [1.807, 2.05) is 24.3 Å². The maximum absolute atomic E-state index is 15.2. The normalized spacial score (nSPS) is 18.5. The zero-order valence-corrected chi connectivity index (χ0v) is 19.9. The predicted molar refractivity (Wildman–Crippen MR) is 135 cm³/mol. The third kappa shape index (κ3) is 3.53. The van der Waals surface area contributed by atoms with Crippen LogP contribution in [0.5, 0.6) is 0 Å². The van der Waals surface area contributed by atoms with E-state index >= 15 is 4.39 Å². The topological polar surface area (TPSA) is 49.2 Å². The largest absolute Gasteiger partial charge is 0.513 e. The maximum Gasteiger partial charge on any atom is 0.144 e. The van der Waals surface area contributed by atoms with E-state index in [4.69, 9.17) is 9.97 Å². The van der Waals surface area contributed by atoms with Crippen molar-refractivity contribution in [2.45, 2.75) is 31.2 Å². The van der Waals surface area contributed by atoms with E-state index < -0.39 is 0 Å². The fourth-order valence-corrected chi connectivity index (χ4v) is 5.95. The monoisotopic (exact) mass is 471 g/mol. The minimum Gasteiger partial charge on any atom is -0.513 e. The van der Waals surface area contributed by atoms with Crippen LogP contribution >= 0.6 is 11.3 Å². The van der Waals surface area contributed by atoms with Crippen LogP contribution in [0.1, 0.15) is 42.6 Å². The number of hydrogen-bond acceptors (Lipinski definition) is 5. The van der Waals surface area contributed by atoms with Gasteiger partial charge in [0, 0.05) is 36.0 Å². The highest BCUT2D eigenvalue weighted by molar-refractivity contribution is 7.21. The van der Waals surface area contributed by atoms with Crippen LogP contribution in [0, 0.1) is 11.7 Å². The summed E-state index contributed by atoms with van der Waals surface area (Å²) >= 11 is 1.45. The maximum atomic E-state index is 15.2. The number of hydrogen-bond donors (Lipinski definition) is 1. The third-order valence-electron chi connectivity index (χ3n) is 7.46. The van der Waals surface area contributed by atoms with E-state index in [0.29, 0.717) is 10.6 Å². The quantitative estimate of drug-likeness (QED) is 0.320.